The first-order valence-corrected chi connectivity index (χ1v) is 4.31. The summed E-state index contributed by atoms with van der Waals surface area (Å²) in [5.74, 6) is -0.0522. The fourth-order valence-electron chi connectivity index (χ4n) is 0.942. The molecule has 4 nitrogen and oxygen atoms in total. The minimum atomic E-state index is -0.0522. The van der Waals surface area contributed by atoms with Gasteiger partial charge in [-0.2, -0.15) is 0 Å². The van der Waals surface area contributed by atoms with E-state index in [-0.39, 0.29) is 5.91 Å². The third-order valence-corrected chi connectivity index (χ3v) is 1.62. The lowest BCUT2D eigenvalue weighted by molar-refractivity contribution is -0.118. The first-order valence-electron chi connectivity index (χ1n) is 4.31. The van der Waals surface area contributed by atoms with Gasteiger partial charge in [0.25, 0.3) is 0 Å². The summed E-state index contributed by atoms with van der Waals surface area (Å²) in [7, 11) is 0. The third kappa shape index (κ3) is 3.26. The van der Waals surface area contributed by atoms with Crippen molar-refractivity contribution in [3.63, 3.8) is 0 Å². The van der Waals surface area contributed by atoms with Crippen molar-refractivity contribution in [2.75, 3.05) is 12.3 Å². The standard InChI is InChI=1S/C10H13N3O/c1-8(14)12-6-3-5-10-9(11)4-2-7-13-10/h2-5,7H,6,11H2,1H3,(H,12,14). The minimum Gasteiger partial charge on any atom is -0.397 e. The smallest absolute Gasteiger partial charge is 0.217 e. The number of nitrogen functional groups attached to an aromatic ring is 1. The Morgan fingerprint density at radius 2 is 2.50 bits per heavy atom. The molecule has 74 valence electrons. The number of carbonyl (C=O) groups excluding carboxylic acids is 1. The fourth-order valence-corrected chi connectivity index (χ4v) is 0.942. The molecule has 0 aliphatic heterocycles. The normalized spacial score (nSPS) is 10.4. The number of carbonyl (C=O) groups is 1. The topological polar surface area (TPSA) is 68.0 Å². The van der Waals surface area contributed by atoms with Crippen molar-refractivity contribution in [1.29, 1.82) is 0 Å². The molecule has 0 aliphatic rings. The number of hydrogen-bond donors (Lipinski definition) is 2. The maximum absolute atomic E-state index is 10.5. The van der Waals surface area contributed by atoms with Crippen molar-refractivity contribution in [1.82, 2.24) is 10.3 Å². The van der Waals surface area contributed by atoms with Crippen molar-refractivity contribution in [2.45, 2.75) is 6.92 Å². The molecule has 0 unspecified atom stereocenters. The molecule has 3 N–H and O–H groups in total. The molecule has 0 saturated carbocycles. The first kappa shape index (κ1) is 10.2. The maximum Gasteiger partial charge on any atom is 0.217 e. The van der Waals surface area contributed by atoms with Crippen LogP contribution in [-0.4, -0.2) is 17.4 Å². The highest BCUT2D eigenvalue weighted by atomic mass is 16.1. The summed E-state index contributed by atoms with van der Waals surface area (Å²) >= 11 is 0. The number of aromatic nitrogens is 1. The van der Waals surface area contributed by atoms with Crippen LogP contribution in [0, 0.1) is 0 Å². The largest absolute Gasteiger partial charge is 0.397 e. The molecule has 1 aromatic heterocycles. The van der Waals surface area contributed by atoms with Crippen LogP contribution in [0.3, 0.4) is 0 Å². The molecule has 0 aliphatic carbocycles. The number of nitrogens with one attached hydrogen (secondary N) is 1. The molecular weight excluding hydrogens is 178 g/mol. The van der Waals surface area contributed by atoms with E-state index in [1.54, 1.807) is 30.5 Å². The molecule has 0 spiro atoms. The van der Waals surface area contributed by atoms with Gasteiger partial charge in [0.2, 0.25) is 5.91 Å². The van der Waals surface area contributed by atoms with Gasteiger partial charge >= 0.3 is 0 Å². The molecule has 1 heterocycles. The van der Waals surface area contributed by atoms with Gasteiger partial charge in [-0.05, 0) is 18.2 Å². The van der Waals surface area contributed by atoms with Gasteiger partial charge in [0.15, 0.2) is 0 Å². The third-order valence-electron chi connectivity index (χ3n) is 1.62. The molecule has 0 aromatic carbocycles. The zero-order chi connectivity index (χ0) is 10.4. The summed E-state index contributed by atoms with van der Waals surface area (Å²) in [4.78, 5) is 14.6. The quantitative estimate of drug-likeness (QED) is 0.743. The number of anilines is 1. The molecule has 0 saturated heterocycles. The number of rotatable bonds is 3. The first-order chi connectivity index (χ1) is 6.70. The lowest BCUT2D eigenvalue weighted by atomic mass is 10.3. The molecule has 0 bridgehead atoms. The summed E-state index contributed by atoms with van der Waals surface area (Å²) in [6.07, 6.45) is 5.26. The van der Waals surface area contributed by atoms with E-state index in [1.807, 2.05) is 0 Å². The Hall–Kier alpha value is -1.84. The van der Waals surface area contributed by atoms with Crippen LogP contribution in [0.2, 0.25) is 0 Å². The molecular formula is C10H13N3O. The van der Waals surface area contributed by atoms with E-state index in [2.05, 4.69) is 10.3 Å². The van der Waals surface area contributed by atoms with E-state index in [9.17, 15) is 4.79 Å². The minimum absolute atomic E-state index is 0.0522. The van der Waals surface area contributed by atoms with Crippen LogP contribution >= 0.6 is 0 Å². The van der Waals surface area contributed by atoms with Crippen molar-refractivity contribution in [3.05, 3.63) is 30.1 Å². The fraction of sp³-hybridized carbons (Fsp3) is 0.200. The van der Waals surface area contributed by atoms with Gasteiger partial charge in [-0.15, -0.1) is 0 Å². The summed E-state index contributed by atoms with van der Waals surface area (Å²) in [6.45, 7) is 1.97. The summed E-state index contributed by atoms with van der Waals surface area (Å²) in [6, 6.07) is 3.56. The van der Waals surface area contributed by atoms with E-state index in [0.29, 0.717) is 12.2 Å². The average molecular weight is 191 g/mol. The Morgan fingerprint density at radius 3 is 3.14 bits per heavy atom. The van der Waals surface area contributed by atoms with Crippen molar-refractivity contribution < 1.29 is 4.79 Å². The van der Waals surface area contributed by atoms with Gasteiger partial charge in [0, 0.05) is 19.7 Å². The van der Waals surface area contributed by atoms with Crippen molar-refractivity contribution in [2.24, 2.45) is 0 Å². The van der Waals surface area contributed by atoms with Gasteiger partial charge in [0.05, 0.1) is 11.4 Å². The van der Waals surface area contributed by atoms with Crippen LogP contribution in [0.4, 0.5) is 5.69 Å². The van der Waals surface area contributed by atoms with Gasteiger partial charge in [-0.1, -0.05) is 6.08 Å². The van der Waals surface area contributed by atoms with Crippen LogP contribution in [0.5, 0.6) is 0 Å². The van der Waals surface area contributed by atoms with E-state index in [4.69, 9.17) is 5.73 Å². The van der Waals surface area contributed by atoms with Crippen molar-refractivity contribution >= 4 is 17.7 Å². The summed E-state index contributed by atoms with van der Waals surface area (Å²) in [5, 5.41) is 2.64. The monoisotopic (exact) mass is 191 g/mol. The predicted molar refractivity (Wildman–Crippen MR) is 56.4 cm³/mol. The molecule has 14 heavy (non-hydrogen) atoms. The molecule has 0 atom stereocenters. The Morgan fingerprint density at radius 1 is 1.71 bits per heavy atom. The van der Waals surface area contributed by atoms with Crippen LogP contribution in [0.25, 0.3) is 6.08 Å². The zero-order valence-electron chi connectivity index (χ0n) is 8.03. The van der Waals surface area contributed by atoms with Gasteiger partial charge in [0.1, 0.15) is 0 Å². The van der Waals surface area contributed by atoms with E-state index < -0.39 is 0 Å². The lowest BCUT2D eigenvalue weighted by Gasteiger charge is -1.98. The molecule has 4 heteroatoms. The second-order valence-corrected chi connectivity index (χ2v) is 2.82. The summed E-state index contributed by atoms with van der Waals surface area (Å²) < 4.78 is 0. The van der Waals surface area contributed by atoms with Gasteiger partial charge in [-0.3, -0.25) is 9.78 Å². The predicted octanol–water partition coefficient (Wildman–Crippen LogP) is 0.813. The maximum atomic E-state index is 10.5. The number of pyridine rings is 1. The molecule has 1 amide bonds. The summed E-state index contributed by atoms with van der Waals surface area (Å²) in [5.41, 5.74) is 7.01. The highest BCUT2D eigenvalue weighted by Gasteiger charge is 1.92. The second-order valence-electron chi connectivity index (χ2n) is 2.82. The highest BCUT2D eigenvalue weighted by Crippen LogP contribution is 2.07. The SMILES string of the molecule is CC(=O)NCC=Cc1ncccc1N. The Bertz CT molecular complexity index is 347. The molecule has 1 aromatic rings. The van der Waals surface area contributed by atoms with E-state index >= 15 is 0 Å². The van der Waals surface area contributed by atoms with Crippen LogP contribution in [0.1, 0.15) is 12.6 Å². The zero-order valence-corrected chi connectivity index (χ0v) is 8.03. The Balaban J connectivity index is 2.52. The Labute approximate surface area is 82.8 Å². The lowest BCUT2D eigenvalue weighted by Crippen LogP contribution is -2.19. The Kier molecular flexibility index (Phi) is 3.67. The van der Waals surface area contributed by atoms with E-state index in [1.165, 1.54) is 6.92 Å². The second kappa shape index (κ2) is 5.01. The number of nitrogens with zero attached hydrogens (tertiary/aromatic N) is 1. The number of amides is 1. The number of hydrogen-bond acceptors (Lipinski definition) is 3. The average Bonchev–Trinajstić information content (AvgIpc) is 2.15. The van der Waals surface area contributed by atoms with Crippen molar-refractivity contribution in [3.8, 4) is 0 Å². The molecule has 0 radical (unpaired) electrons. The molecule has 0 fully saturated rings. The number of nitrogens with two attached hydrogens (primary N) is 1. The van der Waals surface area contributed by atoms with E-state index in [0.717, 1.165) is 5.69 Å². The van der Waals surface area contributed by atoms with Crippen LogP contribution < -0.4 is 11.1 Å². The highest BCUT2D eigenvalue weighted by molar-refractivity contribution is 5.73. The molecule has 1 rings (SSSR count). The van der Waals surface area contributed by atoms with Gasteiger partial charge < -0.3 is 11.1 Å². The van der Waals surface area contributed by atoms with Gasteiger partial charge in [-0.25, -0.2) is 0 Å². The van der Waals surface area contributed by atoms with Crippen LogP contribution in [-0.2, 0) is 4.79 Å². The van der Waals surface area contributed by atoms with Crippen LogP contribution in [0.15, 0.2) is 24.4 Å².